The minimum absolute atomic E-state index is 0.0562. The van der Waals surface area contributed by atoms with E-state index in [9.17, 15) is 4.79 Å². The van der Waals surface area contributed by atoms with Gasteiger partial charge in [-0.3, -0.25) is 0 Å². The Labute approximate surface area is 128 Å². The quantitative estimate of drug-likeness (QED) is 0.891. The number of likely N-dealkylation sites (N-methyl/N-ethyl adjacent to an activating group) is 1. The molecule has 0 aliphatic rings. The first-order chi connectivity index (χ1) is 10.1. The van der Waals surface area contributed by atoms with E-state index in [0.717, 1.165) is 16.3 Å². The van der Waals surface area contributed by atoms with Gasteiger partial charge in [-0.2, -0.15) is 0 Å². The second-order valence-electron chi connectivity index (χ2n) is 4.79. The van der Waals surface area contributed by atoms with Crippen molar-refractivity contribution in [1.29, 1.82) is 0 Å². The van der Waals surface area contributed by atoms with E-state index in [-0.39, 0.29) is 18.7 Å². The third-order valence-corrected chi connectivity index (χ3v) is 4.11. The third-order valence-electron chi connectivity index (χ3n) is 3.26. The molecule has 2 aromatic rings. The van der Waals surface area contributed by atoms with Gasteiger partial charge in [0, 0.05) is 18.0 Å². The number of aliphatic hydroxyl groups is 1. The van der Waals surface area contributed by atoms with Crippen molar-refractivity contribution in [2.24, 2.45) is 0 Å². The molecular formula is C15H19N3O2S. The van der Waals surface area contributed by atoms with Gasteiger partial charge in [-0.15, -0.1) is 11.3 Å². The van der Waals surface area contributed by atoms with E-state index >= 15 is 0 Å². The van der Waals surface area contributed by atoms with Gasteiger partial charge in [-0.1, -0.05) is 30.3 Å². The zero-order valence-electron chi connectivity index (χ0n) is 12.1. The molecule has 0 radical (unpaired) electrons. The predicted molar refractivity (Wildman–Crippen MR) is 84.1 cm³/mol. The van der Waals surface area contributed by atoms with Crippen LogP contribution in [0.1, 0.15) is 11.9 Å². The lowest BCUT2D eigenvalue weighted by Gasteiger charge is -2.23. The Morgan fingerprint density at radius 2 is 2.14 bits per heavy atom. The number of nitrogens with zero attached hydrogens (tertiary/aromatic N) is 2. The maximum atomic E-state index is 11.9. The molecule has 2 amide bonds. The fourth-order valence-electron chi connectivity index (χ4n) is 1.73. The van der Waals surface area contributed by atoms with Crippen molar-refractivity contribution in [2.75, 3.05) is 13.7 Å². The fourth-order valence-corrected chi connectivity index (χ4v) is 2.48. The molecule has 1 unspecified atom stereocenters. The van der Waals surface area contributed by atoms with Gasteiger partial charge in [-0.25, -0.2) is 9.78 Å². The van der Waals surface area contributed by atoms with Crippen LogP contribution in [0.2, 0.25) is 0 Å². The van der Waals surface area contributed by atoms with Gasteiger partial charge in [0.2, 0.25) is 0 Å². The van der Waals surface area contributed by atoms with Crippen LogP contribution >= 0.6 is 11.3 Å². The number of benzene rings is 1. The maximum Gasteiger partial charge on any atom is 0.317 e. The smallest absolute Gasteiger partial charge is 0.317 e. The monoisotopic (exact) mass is 305 g/mol. The Hall–Kier alpha value is -1.92. The molecule has 21 heavy (non-hydrogen) atoms. The summed E-state index contributed by atoms with van der Waals surface area (Å²) in [5.74, 6) is 0. The van der Waals surface area contributed by atoms with Crippen molar-refractivity contribution >= 4 is 17.4 Å². The molecule has 1 atom stereocenters. The highest BCUT2D eigenvalue weighted by atomic mass is 32.1. The molecule has 0 aliphatic carbocycles. The average molecular weight is 305 g/mol. The zero-order valence-corrected chi connectivity index (χ0v) is 12.9. The van der Waals surface area contributed by atoms with Gasteiger partial charge in [0.25, 0.3) is 0 Å². The Bertz CT molecular complexity index is 586. The lowest BCUT2D eigenvalue weighted by atomic mass is 10.2. The molecule has 0 saturated carbocycles. The summed E-state index contributed by atoms with van der Waals surface area (Å²) >= 11 is 1.52. The Kier molecular flexibility index (Phi) is 5.30. The van der Waals surface area contributed by atoms with E-state index in [1.807, 2.05) is 35.7 Å². The van der Waals surface area contributed by atoms with Crippen molar-refractivity contribution in [3.63, 3.8) is 0 Å². The number of carbonyl (C=O) groups excluding carboxylic acids is 1. The lowest BCUT2D eigenvalue weighted by Crippen LogP contribution is -2.43. The fraction of sp³-hybridized carbons (Fsp3) is 0.333. The lowest BCUT2D eigenvalue weighted by molar-refractivity contribution is 0.157. The Morgan fingerprint density at radius 1 is 1.43 bits per heavy atom. The van der Waals surface area contributed by atoms with Gasteiger partial charge in [0.05, 0.1) is 24.9 Å². The van der Waals surface area contributed by atoms with Gasteiger partial charge < -0.3 is 15.3 Å². The zero-order chi connectivity index (χ0) is 15.2. The van der Waals surface area contributed by atoms with Crippen LogP contribution in [-0.4, -0.2) is 40.7 Å². The van der Waals surface area contributed by atoms with Gasteiger partial charge in [0.1, 0.15) is 5.01 Å². The second-order valence-corrected chi connectivity index (χ2v) is 5.74. The van der Waals surface area contributed by atoms with Crippen LogP contribution in [0.4, 0.5) is 4.79 Å². The average Bonchev–Trinajstić information content (AvgIpc) is 3.01. The number of hydrogen-bond acceptors (Lipinski definition) is 4. The third kappa shape index (κ3) is 4.03. The first kappa shape index (κ1) is 15.5. The predicted octanol–water partition coefficient (Wildman–Crippen LogP) is 2.33. The summed E-state index contributed by atoms with van der Waals surface area (Å²) in [5, 5.41) is 14.7. The highest BCUT2D eigenvalue weighted by Crippen LogP contribution is 2.21. The molecule has 2 rings (SSSR count). The molecule has 0 saturated heterocycles. The standard InChI is InChI=1S/C15H19N3O2S/c1-11(9-19)18(2)15(20)16-8-14-17-13(10-21-14)12-6-4-3-5-7-12/h3-7,10-11,19H,8-9H2,1-2H3,(H,16,20). The van der Waals surface area contributed by atoms with E-state index in [2.05, 4.69) is 10.3 Å². The van der Waals surface area contributed by atoms with Gasteiger partial charge >= 0.3 is 6.03 Å². The summed E-state index contributed by atoms with van der Waals surface area (Å²) in [7, 11) is 1.66. The van der Waals surface area contributed by atoms with E-state index in [4.69, 9.17) is 5.11 Å². The molecular weight excluding hydrogens is 286 g/mol. The van der Waals surface area contributed by atoms with Crippen LogP contribution in [0.25, 0.3) is 11.3 Å². The summed E-state index contributed by atoms with van der Waals surface area (Å²) in [6.45, 7) is 2.12. The largest absolute Gasteiger partial charge is 0.394 e. The van der Waals surface area contributed by atoms with Crippen molar-refractivity contribution < 1.29 is 9.90 Å². The minimum atomic E-state index is -0.215. The molecule has 0 aliphatic heterocycles. The van der Waals surface area contributed by atoms with Gasteiger partial charge in [-0.05, 0) is 6.92 Å². The SMILES string of the molecule is CC(CO)N(C)C(=O)NCc1nc(-c2ccccc2)cs1. The van der Waals surface area contributed by atoms with Crippen LogP contribution in [0.15, 0.2) is 35.7 Å². The molecule has 1 aromatic carbocycles. The molecule has 0 spiro atoms. The number of aromatic nitrogens is 1. The number of rotatable bonds is 5. The van der Waals surface area contributed by atoms with Crippen LogP contribution in [0.3, 0.4) is 0 Å². The summed E-state index contributed by atoms with van der Waals surface area (Å²) in [4.78, 5) is 17.9. The summed E-state index contributed by atoms with van der Waals surface area (Å²) in [5.41, 5.74) is 1.99. The number of nitrogens with one attached hydrogen (secondary N) is 1. The van der Waals surface area contributed by atoms with E-state index in [1.165, 1.54) is 16.2 Å². The number of hydrogen-bond donors (Lipinski definition) is 2. The maximum absolute atomic E-state index is 11.9. The summed E-state index contributed by atoms with van der Waals surface area (Å²) < 4.78 is 0. The van der Waals surface area contributed by atoms with Crippen LogP contribution in [-0.2, 0) is 6.54 Å². The summed E-state index contributed by atoms with van der Waals surface area (Å²) in [6.07, 6.45) is 0. The second kappa shape index (κ2) is 7.19. The highest BCUT2D eigenvalue weighted by Gasteiger charge is 2.14. The highest BCUT2D eigenvalue weighted by molar-refractivity contribution is 7.09. The van der Waals surface area contributed by atoms with Gasteiger partial charge in [0.15, 0.2) is 0 Å². The normalized spacial score (nSPS) is 12.0. The number of carbonyl (C=O) groups is 1. The first-order valence-electron chi connectivity index (χ1n) is 6.73. The van der Waals surface area contributed by atoms with Crippen molar-refractivity contribution in [3.8, 4) is 11.3 Å². The van der Waals surface area contributed by atoms with Crippen LogP contribution in [0.5, 0.6) is 0 Å². The first-order valence-corrected chi connectivity index (χ1v) is 7.61. The molecule has 1 aromatic heterocycles. The van der Waals surface area contributed by atoms with Crippen molar-refractivity contribution in [3.05, 3.63) is 40.7 Å². The van der Waals surface area contributed by atoms with Crippen molar-refractivity contribution in [1.82, 2.24) is 15.2 Å². The Balaban J connectivity index is 1.93. The van der Waals surface area contributed by atoms with E-state index in [0.29, 0.717) is 6.54 Å². The molecule has 0 fully saturated rings. The van der Waals surface area contributed by atoms with Crippen LogP contribution < -0.4 is 5.32 Å². The molecule has 1 heterocycles. The molecule has 0 bridgehead atoms. The molecule has 5 nitrogen and oxygen atoms in total. The molecule has 112 valence electrons. The number of urea groups is 1. The van der Waals surface area contributed by atoms with Crippen molar-refractivity contribution in [2.45, 2.75) is 19.5 Å². The summed E-state index contributed by atoms with van der Waals surface area (Å²) in [6, 6.07) is 9.51. The minimum Gasteiger partial charge on any atom is -0.394 e. The molecule has 2 N–H and O–H groups in total. The number of thiazole rings is 1. The van der Waals surface area contributed by atoms with E-state index < -0.39 is 0 Å². The number of aliphatic hydroxyl groups excluding tert-OH is 1. The Morgan fingerprint density at radius 3 is 2.81 bits per heavy atom. The van der Waals surface area contributed by atoms with Crippen LogP contribution in [0, 0.1) is 0 Å². The van der Waals surface area contributed by atoms with E-state index in [1.54, 1.807) is 14.0 Å². The topological polar surface area (TPSA) is 65.5 Å². The number of amides is 2. The molecule has 6 heteroatoms.